The lowest BCUT2D eigenvalue weighted by Gasteiger charge is -2.19. The van der Waals surface area contributed by atoms with E-state index in [0.29, 0.717) is 17.4 Å². The third-order valence-corrected chi connectivity index (χ3v) is 2.47. The van der Waals surface area contributed by atoms with Gasteiger partial charge in [-0.05, 0) is 12.1 Å². The lowest BCUT2D eigenvalue weighted by atomic mass is 10.3. The first kappa shape index (κ1) is 10.2. The molecule has 2 amide bonds. The van der Waals surface area contributed by atoms with Gasteiger partial charge < -0.3 is 10.4 Å². The van der Waals surface area contributed by atoms with Crippen LogP contribution in [-0.2, 0) is 0 Å². The zero-order chi connectivity index (χ0) is 10.8. The fraction of sp³-hybridized carbons (Fsp3) is 0.333. The fourth-order valence-corrected chi connectivity index (χ4v) is 1.61. The summed E-state index contributed by atoms with van der Waals surface area (Å²) in [5.41, 5.74) is 0. The van der Waals surface area contributed by atoms with E-state index >= 15 is 0 Å². The van der Waals surface area contributed by atoms with Crippen LogP contribution < -0.4 is 10.2 Å². The van der Waals surface area contributed by atoms with Gasteiger partial charge >= 0.3 is 6.03 Å². The Balaban J connectivity index is 2.28. The minimum absolute atomic E-state index is 0.0942. The maximum Gasteiger partial charge on any atom is 0.323 e. The van der Waals surface area contributed by atoms with Crippen LogP contribution in [-0.4, -0.2) is 35.3 Å². The molecule has 1 fully saturated rings. The van der Waals surface area contributed by atoms with E-state index in [9.17, 15) is 4.79 Å². The fourth-order valence-electron chi connectivity index (χ4n) is 1.50. The Morgan fingerprint density at radius 1 is 1.67 bits per heavy atom. The molecule has 1 aromatic rings. The van der Waals surface area contributed by atoms with Gasteiger partial charge in [0.2, 0.25) is 0 Å². The van der Waals surface area contributed by atoms with E-state index in [1.165, 1.54) is 11.1 Å². The first-order valence-corrected chi connectivity index (χ1v) is 4.89. The number of aliphatic hydroxyl groups is 1. The molecule has 0 spiro atoms. The lowest BCUT2D eigenvalue weighted by Crippen LogP contribution is -2.37. The number of hydrogen-bond acceptors (Lipinski definition) is 3. The maximum atomic E-state index is 11.5. The molecule has 0 radical (unpaired) electrons. The highest BCUT2D eigenvalue weighted by Gasteiger charge is 2.31. The van der Waals surface area contributed by atoms with Gasteiger partial charge in [0.05, 0.1) is 17.7 Å². The number of nitrogens with zero attached hydrogens (tertiary/aromatic N) is 2. The number of rotatable bonds is 2. The number of aromatic nitrogens is 1. The summed E-state index contributed by atoms with van der Waals surface area (Å²) < 4.78 is 0. The number of anilines is 1. The van der Waals surface area contributed by atoms with Gasteiger partial charge in [0.15, 0.2) is 0 Å². The molecule has 1 aliphatic heterocycles. The van der Waals surface area contributed by atoms with E-state index in [0.717, 1.165) is 0 Å². The van der Waals surface area contributed by atoms with Crippen LogP contribution in [0.25, 0.3) is 0 Å². The molecule has 2 N–H and O–H groups in total. The minimum Gasteiger partial charge on any atom is -0.394 e. The summed E-state index contributed by atoms with van der Waals surface area (Å²) in [6.45, 7) is 0.336. The zero-order valence-electron chi connectivity index (χ0n) is 7.85. The summed E-state index contributed by atoms with van der Waals surface area (Å²) in [5, 5.41) is 12.2. The summed E-state index contributed by atoms with van der Waals surface area (Å²) in [6, 6.07) is 2.80. The SMILES string of the molecule is O=C1NCC(CO)N1c1ccc(Cl)cn1. The third kappa shape index (κ3) is 1.88. The summed E-state index contributed by atoms with van der Waals surface area (Å²) >= 11 is 5.69. The third-order valence-electron chi connectivity index (χ3n) is 2.24. The van der Waals surface area contributed by atoms with Crippen LogP contribution in [0.5, 0.6) is 0 Å². The highest BCUT2D eigenvalue weighted by Crippen LogP contribution is 2.19. The highest BCUT2D eigenvalue weighted by molar-refractivity contribution is 6.30. The van der Waals surface area contributed by atoms with Crippen molar-refractivity contribution in [1.82, 2.24) is 10.3 Å². The highest BCUT2D eigenvalue weighted by atomic mass is 35.5. The molecule has 5 nitrogen and oxygen atoms in total. The molecule has 6 heteroatoms. The van der Waals surface area contributed by atoms with Crippen molar-refractivity contribution in [2.75, 3.05) is 18.1 Å². The van der Waals surface area contributed by atoms with E-state index in [1.807, 2.05) is 0 Å². The van der Waals surface area contributed by atoms with Crippen LogP contribution >= 0.6 is 11.6 Å². The quantitative estimate of drug-likeness (QED) is 0.779. The van der Waals surface area contributed by atoms with Gasteiger partial charge in [-0.25, -0.2) is 9.78 Å². The number of hydrogen-bond donors (Lipinski definition) is 2. The van der Waals surface area contributed by atoms with Crippen LogP contribution in [0.3, 0.4) is 0 Å². The second-order valence-electron chi connectivity index (χ2n) is 3.23. The predicted octanol–water partition coefficient (Wildman–Crippen LogP) is 0.625. The molecule has 1 saturated heterocycles. The van der Waals surface area contributed by atoms with Gasteiger partial charge in [-0.3, -0.25) is 4.90 Å². The van der Waals surface area contributed by atoms with Gasteiger partial charge in [-0.15, -0.1) is 0 Å². The number of urea groups is 1. The largest absolute Gasteiger partial charge is 0.394 e. The van der Waals surface area contributed by atoms with Crippen molar-refractivity contribution < 1.29 is 9.90 Å². The Morgan fingerprint density at radius 2 is 2.47 bits per heavy atom. The Hall–Kier alpha value is -1.33. The Labute approximate surface area is 91.7 Å². The number of aliphatic hydroxyl groups excluding tert-OH is 1. The minimum atomic E-state index is -0.258. The predicted molar refractivity (Wildman–Crippen MR) is 56.0 cm³/mol. The number of pyridine rings is 1. The van der Waals surface area contributed by atoms with Crippen LogP contribution in [0.2, 0.25) is 5.02 Å². The first-order valence-electron chi connectivity index (χ1n) is 4.52. The molecule has 0 aromatic carbocycles. The molecule has 2 rings (SSSR count). The van der Waals surface area contributed by atoms with E-state index < -0.39 is 0 Å². The standard InChI is InChI=1S/C9H10ClN3O2/c10-6-1-2-8(11-3-6)13-7(5-14)4-12-9(13)15/h1-3,7,14H,4-5H2,(H,12,15). The molecule has 1 unspecified atom stereocenters. The van der Waals surface area contributed by atoms with Gasteiger partial charge in [-0.1, -0.05) is 11.6 Å². The van der Waals surface area contributed by atoms with Gasteiger partial charge in [0.1, 0.15) is 5.82 Å². The smallest absolute Gasteiger partial charge is 0.323 e. The van der Waals surface area contributed by atoms with Crippen LogP contribution in [0.1, 0.15) is 0 Å². The van der Waals surface area contributed by atoms with Crippen molar-refractivity contribution in [3.63, 3.8) is 0 Å². The van der Waals surface area contributed by atoms with E-state index in [1.54, 1.807) is 12.1 Å². The molecule has 0 saturated carbocycles. The molecule has 1 aliphatic rings. The van der Waals surface area contributed by atoms with Crippen LogP contribution in [0.4, 0.5) is 10.6 Å². The Morgan fingerprint density at radius 3 is 3.07 bits per heavy atom. The molecular formula is C9H10ClN3O2. The maximum absolute atomic E-state index is 11.5. The summed E-state index contributed by atoms with van der Waals surface area (Å²) in [4.78, 5) is 16.9. The monoisotopic (exact) mass is 227 g/mol. The lowest BCUT2D eigenvalue weighted by molar-refractivity contribution is 0.247. The summed E-state index contributed by atoms with van der Waals surface area (Å²) in [6.07, 6.45) is 1.47. The Bertz CT molecular complexity index is 368. The van der Waals surface area contributed by atoms with E-state index in [2.05, 4.69) is 10.3 Å². The van der Waals surface area contributed by atoms with Crippen molar-refractivity contribution in [3.8, 4) is 0 Å². The normalized spacial score (nSPS) is 20.5. The second kappa shape index (κ2) is 4.04. The second-order valence-corrected chi connectivity index (χ2v) is 3.66. The molecule has 1 aromatic heterocycles. The average Bonchev–Trinajstić information content (AvgIpc) is 2.61. The molecule has 80 valence electrons. The van der Waals surface area contributed by atoms with Crippen molar-refractivity contribution in [3.05, 3.63) is 23.4 Å². The zero-order valence-corrected chi connectivity index (χ0v) is 8.61. The number of nitrogens with one attached hydrogen (secondary N) is 1. The molecular weight excluding hydrogens is 218 g/mol. The van der Waals surface area contributed by atoms with Crippen molar-refractivity contribution in [1.29, 1.82) is 0 Å². The number of carbonyl (C=O) groups excluding carboxylic acids is 1. The summed E-state index contributed by atoms with van der Waals surface area (Å²) in [5.74, 6) is 0.494. The van der Waals surface area contributed by atoms with Crippen molar-refractivity contribution >= 4 is 23.4 Å². The van der Waals surface area contributed by atoms with Crippen LogP contribution in [0.15, 0.2) is 18.3 Å². The molecule has 0 aliphatic carbocycles. The number of halogens is 1. The first-order chi connectivity index (χ1) is 7.22. The van der Waals surface area contributed by atoms with Crippen molar-refractivity contribution in [2.45, 2.75) is 6.04 Å². The van der Waals surface area contributed by atoms with Gasteiger partial charge in [-0.2, -0.15) is 0 Å². The molecule has 0 bridgehead atoms. The molecule has 15 heavy (non-hydrogen) atoms. The van der Waals surface area contributed by atoms with Crippen LogP contribution in [0, 0.1) is 0 Å². The molecule has 2 heterocycles. The van der Waals surface area contributed by atoms with E-state index in [4.69, 9.17) is 16.7 Å². The summed E-state index contributed by atoms with van der Waals surface area (Å²) in [7, 11) is 0. The van der Waals surface area contributed by atoms with E-state index in [-0.39, 0.29) is 18.7 Å². The van der Waals surface area contributed by atoms with Gasteiger partial charge in [0, 0.05) is 12.7 Å². The average molecular weight is 228 g/mol. The molecule has 1 atom stereocenters. The van der Waals surface area contributed by atoms with Gasteiger partial charge in [0.25, 0.3) is 0 Å². The topological polar surface area (TPSA) is 65.5 Å². The number of carbonyl (C=O) groups is 1. The Kier molecular flexibility index (Phi) is 2.75. The van der Waals surface area contributed by atoms with Crippen molar-refractivity contribution in [2.24, 2.45) is 0 Å². The number of amides is 2.